The Morgan fingerprint density at radius 1 is 1.43 bits per heavy atom. The first-order valence-electron chi connectivity index (χ1n) is 4.65. The van der Waals surface area contributed by atoms with Crippen molar-refractivity contribution in [1.29, 1.82) is 0 Å². The Morgan fingerprint density at radius 3 is 2.29 bits per heavy atom. The molecule has 1 atom stereocenters. The van der Waals surface area contributed by atoms with Gasteiger partial charge in [-0.25, -0.2) is 4.79 Å². The van der Waals surface area contributed by atoms with Gasteiger partial charge < -0.3 is 5.11 Å². The van der Waals surface area contributed by atoms with Gasteiger partial charge in [0, 0.05) is 12.8 Å². The number of aliphatic carboxylic acids is 1. The van der Waals surface area contributed by atoms with E-state index in [4.69, 9.17) is 5.11 Å². The number of piperidine rings is 1. The Kier molecular flexibility index (Phi) is 3.22. The van der Waals surface area contributed by atoms with Crippen molar-refractivity contribution in [2.24, 2.45) is 0 Å². The van der Waals surface area contributed by atoms with Crippen LogP contribution in [0.15, 0.2) is 0 Å². The van der Waals surface area contributed by atoms with Crippen molar-refractivity contribution >= 4 is 17.8 Å². The summed E-state index contributed by atoms with van der Waals surface area (Å²) < 4.78 is 0. The Labute approximate surface area is 81.7 Å². The molecule has 0 spiro atoms. The van der Waals surface area contributed by atoms with Gasteiger partial charge in [-0.2, -0.15) is 0 Å². The van der Waals surface area contributed by atoms with E-state index in [2.05, 4.69) is 0 Å². The van der Waals surface area contributed by atoms with Crippen molar-refractivity contribution < 1.29 is 19.5 Å². The van der Waals surface area contributed by atoms with Crippen molar-refractivity contribution in [2.45, 2.75) is 38.6 Å². The van der Waals surface area contributed by atoms with Crippen LogP contribution in [0.5, 0.6) is 0 Å². The monoisotopic (exact) mass is 199 g/mol. The summed E-state index contributed by atoms with van der Waals surface area (Å²) in [4.78, 5) is 34.4. The van der Waals surface area contributed by atoms with Gasteiger partial charge in [-0.05, 0) is 12.8 Å². The van der Waals surface area contributed by atoms with Gasteiger partial charge >= 0.3 is 5.97 Å². The van der Waals surface area contributed by atoms with Gasteiger partial charge in [-0.1, -0.05) is 6.92 Å². The second-order valence-electron chi connectivity index (χ2n) is 3.27. The standard InChI is InChI=1S/C9H13NO4/c1-2-6(9(13)14)10-7(11)4-3-5-8(10)12/h6H,2-5H2,1H3,(H,13,14)/t6-/m1/s1. The molecule has 0 bridgehead atoms. The maximum absolute atomic E-state index is 11.4. The SMILES string of the molecule is CC[C@H](C(=O)O)N1C(=O)CCCC1=O. The second kappa shape index (κ2) is 4.21. The molecule has 1 saturated heterocycles. The fourth-order valence-electron chi connectivity index (χ4n) is 1.59. The van der Waals surface area contributed by atoms with Crippen molar-refractivity contribution in [3.05, 3.63) is 0 Å². The molecule has 0 aromatic carbocycles. The van der Waals surface area contributed by atoms with E-state index < -0.39 is 12.0 Å². The van der Waals surface area contributed by atoms with Crippen LogP contribution in [0.1, 0.15) is 32.6 Å². The second-order valence-corrected chi connectivity index (χ2v) is 3.27. The maximum Gasteiger partial charge on any atom is 0.326 e. The summed E-state index contributed by atoms with van der Waals surface area (Å²) >= 11 is 0. The fourth-order valence-corrected chi connectivity index (χ4v) is 1.59. The van der Waals surface area contributed by atoms with Crippen LogP contribution >= 0.6 is 0 Å². The molecule has 1 heterocycles. The number of likely N-dealkylation sites (tertiary alicyclic amines) is 1. The first-order chi connectivity index (χ1) is 6.57. The lowest BCUT2D eigenvalue weighted by molar-refractivity contribution is -0.160. The predicted molar refractivity (Wildman–Crippen MR) is 47.4 cm³/mol. The third kappa shape index (κ3) is 1.92. The van der Waals surface area contributed by atoms with Crippen LogP contribution in [0.2, 0.25) is 0 Å². The summed E-state index contributed by atoms with van der Waals surface area (Å²) in [6, 6.07) is -0.990. The van der Waals surface area contributed by atoms with Crippen LogP contribution in [-0.2, 0) is 14.4 Å². The van der Waals surface area contributed by atoms with Gasteiger partial charge in [-0.15, -0.1) is 0 Å². The largest absolute Gasteiger partial charge is 0.480 e. The van der Waals surface area contributed by atoms with E-state index in [0.717, 1.165) is 4.90 Å². The van der Waals surface area contributed by atoms with E-state index in [0.29, 0.717) is 6.42 Å². The number of hydrogen-bond acceptors (Lipinski definition) is 3. The molecule has 78 valence electrons. The van der Waals surface area contributed by atoms with Crippen LogP contribution in [0.3, 0.4) is 0 Å². The number of hydrogen-bond donors (Lipinski definition) is 1. The third-order valence-electron chi connectivity index (χ3n) is 2.30. The molecule has 0 aliphatic carbocycles. The zero-order chi connectivity index (χ0) is 10.7. The van der Waals surface area contributed by atoms with Crippen molar-refractivity contribution in [3.8, 4) is 0 Å². The van der Waals surface area contributed by atoms with Gasteiger partial charge in [0.2, 0.25) is 11.8 Å². The molecule has 0 aromatic heterocycles. The summed E-state index contributed by atoms with van der Waals surface area (Å²) in [6.45, 7) is 1.65. The average molecular weight is 199 g/mol. The summed E-state index contributed by atoms with van der Waals surface area (Å²) in [5, 5.41) is 8.81. The molecule has 1 fully saturated rings. The molecule has 0 saturated carbocycles. The zero-order valence-electron chi connectivity index (χ0n) is 8.02. The number of rotatable bonds is 3. The quantitative estimate of drug-likeness (QED) is 0.667. The lowest BCUT2D eigenvalue weighted by Gasteiger charge is -2.29. The minimum atomic E-state index is -1.11. The summed E-state index contributed by atoms with van der Waals surface area (Å²) in [6.07, 6.45) is 1.34. The lowest BCUT2D eigenvalue weighted by atomic mass is 10.1. The minimum absolute atomic E-state index is 0.257. The molecule has 1 aliphatic rings. The number of carbonyl (C=O) groups is 3. The first-order valence-corrected chi connectivity index (χ1v) is 4.65. The van der Waals surface area contributed by atoms with Crippen LogP contribution in [0.4, 0.5) is 0 Å². The minimum Gasteiger partial charge on any atom is -0.480 e. The Morgan fingerprint density at radius 2 is 1.93 bits per heavy atom. The molecular formula is C9H13NO4. The molecule has 14 heavy (non-hydrogen) atoms. The lowest BCUT2D eigenvalue weighted by Crippen LogP contribution is -2.50. The molecule has 5 heteroatoms. The summed E-state index contributed by atoms with van der Waals surface area (Å²) in [5.74, 6) is -1.85. The number of carbonyl (C=O) groups excluding carboxylic acids is 2. The van der Waals surface area contributed by atoms with Crippen LogP contribution in [0.25, 0.3) is 0 Å². The van der Waals surface area contributed by atoms with E-state index in [1.165, 1.54) is 0 Å². The van der Waals surface area contributed by atoms with Crippen LogP contribution in [0, 0.1) is 0 Å². The topological polar surface area (TPSA) is 74.7 Å². The number of carboxylic acid groups (broad SMARTS) is 1. The Bertz CT molecular complexity index is 258. The highest BCUT2D eigenvalue weighted by molar-refractivity contribution is 6.01. The summed E-state index contributed by atoms with van der Waals surface area (Å²) in [7, 11) is 0. The molecule has 0 aromatic rings. The molecular weight excluding hydrogens is 186 g/mol. The highest BCUT2D eigenvalue weighted by Crippen LogP contribution is 2.17. The van der Waals surface area contributed by atoms with E-state index >= 15 is 0 Å². The van der Waals surface area contributed by atoms with Crippen LogP contribution in [-0.4, -0.2) is 33.8 Å². The summed E-state index contributed by atoms with van der Waals surface area (Å²) in [5.41, 5.74) is 0. The van der Waals surface area contributed by atoms with Crippen molar-refractivity contribution in [2.75, 3.05) is 0 Å². The smallest absolute Gasteiger partial charge is 0.326 e. The Balaban J connectivity index is 2.85. The number of carboxylic acids is 1. The van der Waals surface area contributed by atoms with Gasteiger partial charge in [0.05, 0.1) is 0 Å². The molecule has 1 aliphatic heterocycles. The van der Waals surface area contributed by atoms with Gasteiger partial charge in [-0.3, -0.25) is 14.5 Å². The van der Waals surface area contributed by atoms with Crippen molar-refractivity contribution in [3.63, 3.8) is 0 Å². The fraction of sp³-hybridized carbons (Fsp3) is 0.667. The molecule has 0 radical (unpaired) electrons. The average Bonchev–Trinajstić information content (AvgIpc) is 2.10. The highest BCUT2D eigenvalue weighted by atomic mass is 16.4. The van der Waals surface area contributed by atoms with E-state index in [9.17, 15) is 14.4 Å². The third-order valence-corrected chi connectivity index (χ3v) is 2.30. The maximum atomic E-state index is 11.4. The first kappa shape index (κ1) is 10.7. The highest BCUT2D eigenvalue weighted by Gasteiger charge is 2.35. The molecule has 1 N–H and O–H groups in total. The van der Waals surface area contributed by atoms with Gasteiger partial charge in [0.15, 0.2) is 0 Å². The zero-order valence-corrected chi connectivity index (χ0v) is 8.02. The molecule has 2 amide bonds. The Hall–Kier alpha value is -1.39. The van der Waals surface area contributed by atoms with Crippen molar-refractivity contribution in [1.82, 2.24) is 4.90 Å². The number of amides is 2. The predicted octanol–water partition coefficient (Wildman–Crippen LogP) is 0.389. The normalized spacial score (nSPS) is 19.6. The van der Waals surface area contributed by atoms with E-state index in [1.807, 2.05) is 0 Å². The molecule has 1 rings (SSSR count). The molecule has 5 nitrogen and oxygen atoms in total. The van der Waals surface area contributed by atoms with Gasteiger partial charge in [0.1, 0.15) is 6.04 Å². The van der Waals surface area contributed by atoms with Crippen LogP contribution < -0.4 is 0 Å². The van der Waals surface area contributed by atoms with E-state index in [1.54, 1.807) is 6.92 Å². The van der Waals surface area contributed by atoms with Gasteiger partial charge in [0.25, 0.3) is 0 Å². The molecule has 0 unspecified atom stereocenters. The number of nitrogens with zero attached hydrogens (tertiary/aromatic N) is 1. The van der Waals surface area contributed by atoms with E-state index in [-0.39, 0.29) is 31.1 Å². The number of imide groups is 1.